The van der Waals surface area contributed by atoms with E-state index in [0.717, 1.165) is 0 Å². The number of hydrogen-bond donors (Lipinski definition) is 1. The predicted molar refractivity (Wildman–Crippen MR) is 63.0 cm³/mol. The fourth-order valence-electron chi connectivity index (χ4n) is 0.137. The van der Waals surface area contributed by atoms with Crippen molar-refractivity contribution in [3.8, 4) is 0 Å². The minimum absolute atomic E-state index is 0. The van der Waals surface area contributed by atoms with Crippen LogP contribution in [0.15, 0.2) is 0 Å². The number of carboxylic acids is 2. The van der Waals surface area contributed by atoms with Crippen molar-refractivity contribution in [3.05, 3.63) is 0 Å². The van der Waals surface area contributed by atoms with E-state index in [2.05, 4.69) is 25.3 Å². The van der Waals surface area contributed by atoms with Crippen molar-refractivity contribution < 1.29 is 83.6 Å². The molecule has 0 saturated heterocycles. The minimum Gasteiger partial charge on any atom is -0.542 e. The first kappa shape index (κ1) is 31.4. The van der Waals surface area contributed by atoms with Crippen LogP contribution in [-0.4, -0.2) is 37.9 Å². The molecule has 0 aromatic heterocycles. The molecule has 140 valence electrons. The van der Waals surface area contributed by atoms with Crippen LogP contribution >= 0.6 is 0 Å². The summed E-state index contributed by atoms with van der Waals surface area (Å²) in [5, 5.41) is 26.2. The van der Waals surface area contributed by atoms with Crippen LogP contribution < -0.4 is 10.2 Å². The summed E-state index contributed by atoms with van der Waals surface area (Å²) < 4.78 is 67.5. The van der Waals surface area contributed by atoms with Crippen molar-refractivity contribution in [2.24, 2.45) is 0 Å². The number of carboxylic acid groups (broad SMARTS) is 2. The topological polar surface area (TPSA) is 110 Å². The Balaban J connectivity index is -0.000000124. The molecule has 0 amide bonds. The molecule has 0 aromatic carbocycles. The fourth-order valence-corrected chi connectivity index (χ4v) is 0.411. The van der Waals surface area contributed by atoms with Crippen molar-refractivity contribution in [3.63, 3.8) is 0 Å². The van der Waals surface area contributed by atoms with E-state index >= 15 is 0 Å². The molecule has 0 atom stereocenters. The average Bonchev–Trinajstić information content (AvgIpc) is 2.26. The quantitative estimate of drug-likeness (QED) is 0.217. The van der Waals surface area contributed by atoms with Crippen LogP contribution in [0, 0.1) is 0 Å². The monoisotopic (exact) mass is 576 g/mol. The van der Waals surface area contributed by atoms with Gasteiger partial charge < -0.3 is 19.8 Å². The second kappa shape index (κ2) is 11.3. The van der Waals surface area contributed by atoms with Crippen LogP contribution in [0.25, 0.3) is 0 Å². The third-order valence-electron chi connectivity index (χ3n) is 2.50. The van der Waals surface area contributed by atoms with Gasteiger partial charge in [0, 0.05) is 0 Å². The Morgan fingerprint density at radius 1 is 0.875 bits per heavy atom. The number of carbonyl (C=O) groups is 2. The molecule has 0 unspecified atom stereocenters. The molecular weight excluding hydrogens is 559 g/mol. The molecule has 1 N–H and O–H groups in total. The maximum absolute atomic E-state index is 10.5. The molecule has 0 rings (SSSR count). The van der Waals surface area contributed by atoms with Gasteiger partial charge in [-0.1, -0.05) is 20.8 Å². The maximum Gasteiger partial charge on any atom is 2.00 e. The molecule has 0 aliphatic carbocycles. The summed E-state index contributed by atoms with van der Waals surface area (Å²) in [5.41, 5.74) is 0. The number of carbonyl (C=O) groups excluding carboxylic acids is 2. The Morgan fingerprint density at radius 3 is 1.04 bits per heavy atom. The summed E-state index contributed by atoms with van der Waals surface area (Å²) in [4.78, 5) is 17.6. The van der Waals surface area contributed by atoms with E-state index in [1.807, 2.05) is 13.1 Å². The SMILES string of the molecule is CC(C)(C)[Si](C)(C)OO.O=C([O-])C(F)(F)F.O=C([O-])C(F)(F)F.[Hg+2]. The predicted octanol–water partition coefficient (Wildman–Crippen LogP) is 1.08. The van der Waals surface area contributed by atoms with Crippen LogP contribution in [0.2, 0.25) is 18.1 Å². The first-order chi connectivity index (χ1) is 9.70. The first-order valence-corrected chi connectivity index (χ1v) is 8.50. The molecule has 0 aromatic rings. The number of alkyl halides is 6. The molecule has 6 nitrogen and oxygen atoms in total. The van der Waals surface area contributed by atoms with Crippen molar-refractivity contribution in [1.29, 1.82) is 0 Å². The van der Waals surface area contributed by atoms with E-state index in [0.29, 0.717) is 0 Å². The Hall–Kier alpha value is -0.408. The summed E-state index contributed by atoms with van der Waals surface area (Å²) in [6.45, 7) is 10.2. The molecule has 14 heteroatoms. The van der Waals surface area contributed by atoms with E-state index in [-0.39, 0.29) is 32.7 Å². The van der Waals surface area contributed by atoms with Crippen molar-refractivity contribution >= 4 is 20.3 Å². The number of rotatable bonds is 1. The summed E-state index contributed by atoms with van der Waals surface area (Å²) in [6, 6.07) is 0. The van der Waals surface area contributed by atoms with Gasteiger partial charge in [0.1, 0.15) is 11.9 Å². The second-order valence-electron chi connectivity index (χ2n) is 5.42. The molecular formula is C10H16F6HgO6Si. The first-order valence-electron chi connectivity index (χ1n) is 5.59. The van der Waals surface area contributed by atoms with Crippen molar-refractivity contribution in [1.82, 2.24) is 0 Å². The average molecular weight is 575 g/mol. The van der Waals surface area contributed by atoms with Gasteiger partial charge in [-0.25, -0.2) is 0 Å². The summed E-state index contributed by atoms with van der Waals surface area (Å²) in [5.74, 6) is -6.01. The smallest absolute Gasteiger partial charge is 0.542 e. The van der Waals surface area contributed by atoms with E-state index in [4.69, 9.17) is 25.1 Å². The van der Waals surface area contributed by atoms with Crippen LogP contribution in [0.3, 0.4) is 0 Å². The Labute approximate surface area is 155 Å². The van der Waals surface area contributed by atoms with Gasteiger partial charge in [0.2, 0.25) is 8.32 Å². The van der Waals surface area contributed by atoms with Gasteiger partial charge in [0.15, 0.2) is 0 Å². The van der Waals surface area contributed by atoms with E-state index in [9.17, 15) is 26.3 Å². The fraction of sp³-hybridized carbons (Fsp3) is 0.800. The second-order valence-corrected chi connectivity index (χ2v) is 10.1. The number of aliphatic carboxylic acids is 2. The Morgan fingerprint density at radius 2 is 1.04 bits per heavy atom. The van der Waals surface area contributed by atoms with E-state index in [1.165, 1.54) is 0 Å². The molecule has 0 aliphatic rings. The maximum atomic E-state index is 10.5. The largest absolute Gasteiger partial charge is 2.00 e. The Bertz CT molecular complexity index is 367. The molecule has 0 heterocycles. The van der Waals surface area contributed by atoms with Gasteiger partial charge in [-0.05, 0) is 18.1 Å². The minimum atomic E-state index is -5.19. The van der Waals surface area contributed by atoms with E-state index in [1.54, 1.807) is 0 Å². The molecule has 0 saturated carbocycles. The summed E-state index contributed by atoms with van der Waals surface area (Å²) in [7, 11) is -1.82. The molecule has 0 radical (unpaired) electrons. The van der Waals surface area contributed by atoms with Gasteiger partial charge in [-0.2, -0.15) is 26.3 Å². The van der Waals surface area contributed by atoms with Gasteiger partial charge >= 0.3 is 40.0 Å². The molecule has 0 aliphatic heterocycles. The zero-order valence-electron chi connectivity index (χ0n) is 13.5. The zero-order valence-corrected chi connectivity index (χ0v) is 20.0. The van der Waals surface area contributed by atoms with E-state index < -0.39 is 32.6 Å². The standard InChI is InChI=1S/C6H16O2Si.2C2HF3O2.Hg/c1-6(2,3)9(4,5)8-7;2*3-2(4,5)1(6)7;/h7H,1-5H3;2*(H,6,7);/q;;;+2/p-2. The zero-order chi connectivity index (χ0) is 19.9. The van der Waals surface area contributed by atoms with Crippen LogP contribution in [-0.2, 0) is 41.8 Å². The van der Waals surface area contributed by atoms with Gasteiger partial charge in [-0.15, -0.1) is 0 Å². The van der Waals surface area contributed by atoms with Crippen molar-refractivity contribution in [2.75, 3.05) is 0 Å². The van der Waals surface area contributed by atoms with Crippen LogP contribution in [0.4, 0.5) is 26.3 Å². The third kappa shape index (κ3) is 16.4. The molecule has 24 heavy (non-hydrogen) atoms. The molecule has 0 fully saturated rings. The van der Waals surface area contributed by atoms with Gasteiger partial charge in [0.25, 0.3) is 0 Å². The normalized spacial score (nSPS) is 11.8. The summed E-state index contributed by atoms with van der Waals surface area (Å²) >= 11 is 0. The number of halogens is 6. The van der Waals surface area contributed by atoms with Crippen LogP contribution in [0.1, 0.15) is 20.8 Å². The molecule has 0 spiro atoms. The van der Waals surface area contributed by atoms with Gasteiger partial charge in [0.05, 0.1) is 0 Å². The van der Waals surface area contributed by atoms with Gasteiger partial charge in [-0.3, -0.25) is 9.83 Å². The Kier molecular flexibility index (Phi) is 14.7. The number of hydrogen-bond acceptors (Lipinski definition) is 6. The third-order valence-corrected chi connectivity index (χ3v) is 6.57. The molecule has 0 bridgehead atoms. The summed E-state index contributed by atoms with van der Waals surface area (Å²) in [6.07, 6.45) is -10.4. The van der Waals surface area contributed by atoms with Crippen molar-refractivity contribution in [2.45, 2.75) is 51.3 Å². The van der Waals surface area contributed by atoms with Crippen LogP contribution in [0.5, 0.6) is 0 Å².